The zero-order chi connectivity index (χ0) is 10.5. The molecule has 0 aliphatic carbocycles. The molecule has 2 rings (SSSR count). The van der Waals surface area contributed by atoms with Gasteiger partial charge in [-0.05, 0) is 17.7 Å². The Morgan fingerprint density at radius 3 is 2.47 bits per heavy atom. The summed E-state index contributed by atoms with van der Waals surface area (Å²) in [5.41, 5.74) is 0.892. The number of rotatable bonds is 3. The van der Waals surface area contributed by atoms with Gasteiger partial charge in [0.05, 0.1) is 24.4 Å². The summed E-state index contributed by atoms with van der Waals surface area (Å²) in [5.74, 6) is 0.793. The summed E-state index contributed by atoms with van der Waals surface area (Å²) >= 11 is 0. The standard InChI is InChI=1S/C7H12N3O2P3/c11-5-6-1-3-7(4-2-6)12-10-14-8-13-9-15-10/h1-4,8-9,11,13-15H,5H2. The molecular formula is C7H12N3O2P3. The lowest BCUT2D eigenvalue weighted by Gasteiger charge is -2.26. The van der Waals surface area contributed by atoms with Gasteiger partial charge in [0.2, 0.25) is 0 Å². The molecule has 1 heterocycles. The van der Waals surface area contributed by atoms with E-state index in [1.54, 1.807) is 0 Å². The highest BCUT2D eigenvalue weighted by Crippen LogP contribution is 2.37. The van der Waals surface area contributed by atoms with Gasteiger partial charge in [0, 0.05) is 8.88 Å². The third kappa shape index (κ3) is 3.58. The van der Waals surface area contributed by atoms with Crippen molar-refractivity contribution in [3.63, 3.8) is 0 Å². The van der Waals surface area contributed by atoms with E-state index in [1.807, 2.05) is 28.9 Å². The Bertz CT molecular complexity index is 305. The Morgan fingerprint density at radius 1 is 1.20 bits per heavy atom. The molecule has 1 aromatic carbocycles. The van der Waals surface area contributed by atoms with Crippen molar-refractivity contribution in [2.24, 2.45) is 0 Å². The van der Waals surface area contributed by atoms with Gasteiger partial charge in [-0.15, -0.1) is 0 Å². The summed E-state index contributed by atoms with van der Waals surface area (Å²) < 4.78 is 1.85. The lowest BCUT2D eigenvalue weighted by molar-refractivity contribution is 0.146. The average molecular weight is 263 g/mol. The molecule has 8 heteroatoms. The van der Waals surface area contributed by atoms with Crippen LogP contribution in [0.4, 0.5) is 0 Å². The van der Waals surface area contributed by atoms with E-state index < -0.39 is 0 Å². The topological polar surface area (TPSA) is 56.8 Å². The molecule has 1 aliphatic heterocycles. The predicted octanol–water partition coefficient (Wildman–Crippen LogP) is 1.49. The van der Waals surface area contributed by atoms with Crippen molar-refractivity contribution in [1.29, 1.82) is 0 Å². The minimum absolute atomic E-state index is 0.0672. The molecule has 3 N–H and O–H groups in total. The van der Waals surface area contributed by atoms with Crippen LogP contribution in [-0.2, 0) is 6.61 Å². The van der Waals surface area contributed by atoms with Crippen LogP contribution in [0.15, 0.2) is 24.3 Å². The van der Waals surface area contributed by atoms with Crippen LogP contribution >= 0.6 is 26.6 Å². The maximum Gasteiger partial charge on any atom is 0.148 e. The van der Waals surface area contributed by atoms with Gasteiger partial charge in [-0.1, -0.05) is 16.7 Å². The number of aliphatic hydroxyl groups is 1. The minimum Gasteiger partial charge on any atom is -0.397 e. The fourth-order valence-corrected chi connectivity index (χ4v) is 4.63. The summed E-state index contributed by atoms with van der Waals surface area (Å²) in [6.45, 7) is 0.0672. The van der Waals surface area contributed by atoms with Crippen molar-refractivity contribution in [1.82, 2.24) is 14.3 Å². The number of nitrogens with zero attached hydrogens (tertiary/aromatic N) is 1. The molecule has 1 saturated heterocycles. The van der Waals surface area contributed by atoms with Gasteiger partial charge in [0.1, 0.15) is 5.75 Å². The highest BCUT2D eigenvalue weighted by atomic mass is 31.2. The van der Waals surface area contributed by atoms with Gasteiger partial charge in [-0.2, -0.15) is 0 Å². The van der Waals surface area contributed by atoms with Crippen molar-refractivity contribution in [3.8, 4) is 5.75 Å². The molecule has 1 aromatic rings. The first kappa shape index (κ1) is 11.6. The third-order valence-corrected chi connectivity index (χ3v) is 4.90. The van der Waals surface area contributed by atoms with Gasteiger partial charge in [-0.25, -0.2) is 0 Å². The molecule has 82 valence electrons. The average Bonchev–Trinajstić information content (AvgIpc) is 2.31. The maximum atomic E-state index is 8.88. The quantitative estimate of drug-likeness (QED) is 0.721. The van der Waals surface area contributed by atoms with Crippen LogP contribution in [0.25, 0.3) is 0 Å². The number of hydrogen-bond acceptors (Lipinski definition) is 5. The maximum absolute atomic E-state index is 8.88. The third-order valence-electron chi connectivity index (χ3n) is 1.74. The van der Waals surface area contributed by atoms with Crippen LogP contribution in [0.1, 0.15) is 5.56 Å². The number of hydrogen-bond donors (Lipinski definition) is 3. The molecule has 0 spiro atoms. The summed E-state index contributed by atoms with van der Waals surface area (Å²) in [5, 5.41) is 8.88. The smallest absolute Gasteiger partial charge is 0.148 e. The van der Waals surface area contributed by atoms with Gasteiger partial charge in [0.15, 0.2) is 0 Å². The first-order valence-corrected chi connectivity index (χ1v) is 7.22. The second-order valence-corrected chi connectivity index (χ2v) is 6.74. The molecule has 5 nitrogen and oxygen atoms in total. The molecule has 1 fully saturated rings. The van der Waals surface area contributed by atoms with Crippen molar-refractivity contribution in [2.45, 2.75) is 6.61 Å². The van der Waals surface area contributed by atoms with Crippen molar-refractivity contribution in [2.75, 3.05) is 0 Å². The highest BCUT2D eigenvalue weighted by Gasteiger charge is 2.10. The Balaban J connectivity index is 1.91. The summed E-state index contributed by atoms with van der Waals surface area (Å²) in [4.78, 5) is 12.0. The van der Waals surface area contributed by atoms with Crippen molar-refractivity contribution >= 4 is 26.6 Å². The van der Waals surface area contributed by atoms with Crippen LogP contribution in [0.5, 0.6) is 5.75 Å². The van der Waals surface area contributed by atoms with Crippen LogP contribution in [0, 0.1) is 0 Å². The monoisotopic (exact) mass is 263 g/mol. The SMILES string of the molecule is OCc1ccc(ON2PNPNP2)cc1. The number of nitrogens with one attached hydrogen (secondary N) is 2. The Kier molecular flexibility index (Phi) is 4.67. The normalized spacial score (nSPS) is 22.5. The Morgan fingerprint density at radius 2 is 1.87 bits per heavy atom. The molecule has 1 aliphatic rings. The van der Waals surface area contributed by atoms with E-state index in [0.717, 1.165) is 11.3 Å². The molecule has 2 unspecified atom stereocenters. The second kappa shape index (κ2) is 6.03. The number of aliphatic hydroxyl groups excluding tert-OH is 1. The van der Waals surface area contributed by atoms with E-state index >= 15 is 0 Å². The van der Waals surface area contributed by atoms with Gasteiger partial charge in [-0.3, -0.25) is 9.72 Å². The van der Waals surface area contributed by atoms with Gasteiger partial charge >= 0.3 is 0 Å². The molecule has 0 aromatic heterocycles. The fraction of sp³-hybridized carbons (Fsp3) is 0.143. The summed E-state index contributed by atoms with van der Waals surface area (Å²) in [6, 6.07) is 7.43. The van der Waals surface area contributed by atoms with Crippen LogP contribution in [0.2, 0.25) is 0 Å². The molecular weight excluding hydrogens is 251 g/mol. The lowest BCUT2D eigenvalue weighted by atomic mass is 10.2. The number of benzene rings is 1. The van der Waals surface area contributed by atoms with E-state index in [4.69, 9.17) is 9.94 Å². The summed E-state index contributed by atoms with van der Waals surface area (Å²) in [6.07, 6.45) is 0. The minimum atomic E-state index is 0.0672. The zero-order valence-electron chi connectivity index (χ0n) is 7.82. The fourth-order valence-electron chi connectivity index (χ4n) is 1.02. The predicted molar refractivity (Wildman–Crippen MR) is 66.0 cm³/mol. The van der Waals surface area contributed by atoms with Crippen LogP contribution < -0.4 is 14.6 Å². The zero-order valence-corrected chi connectivity index (χ0v) is 10.8. The Hall–Kier alpha value is 0.150. The molecule has 0 bridgehead atoms. The first-order valence-electron chi connectivity index (χ1n) is 4.33. The van der Waals surface area contributed by atoms with E-state index in [-0.39, 0.29) is 6.61 Å². The van der Waals surface area contributed by atoms with Gasteiger partial charge < -0.3 is 9.94 Å². The van der Waals surface area contributed by atoms with E-state index in [9.17, 15) is 0 Å². The highest BCUT2D eigenvalue weighted by molar-refractivity contribution is 7.65. The second-order valence-electron chi connectivity index (χ2n) is 2.79. The van der Waals surface area contributed by atoms with Crippen LogP contribution in [0.3, 0.4) is 0 Å². The molecule has 2 atom stereocenters. The van der Waals surface area contributed by atoms with Crippen LogP contribution in [-0.4, -0.2) is 9.71 Å². The first-order chi connectivity index (χ1) is 7.38. The largest absolute Gasteiger partial charge is 0.397 e. The van der Waals surface area contributed by atoms with E-state index in [1.165, 1.54) is 0 Å². The van der Waals surface area contributed by atoms with E-state index in [2.05, 4.69) is 9.72 Å². The molecule has 0 saturated carbocycles. The lowest BCUT2D eigenvalue weighted by Crippen LogP contribution is -2.19. The van der Waals surface area contributed by atoms with Crippen molar-refractivity contribution in [3.05, 3.63) is 29.8 Å². The van der Waals surface area contributed by atoms with Crippen molar-refractivity contribution < 1.29 is 9.94 Å². The molecule has 15 heavy (non-hydrogen) atoms. The van der Waals surface area contributed by atoms with E-state index in [0.29, 0.717) is 26.6 Å². The molecule has 0 radical (unpaired) electrons. The van der Waals surface area contributed by atoms with Gasteiger partial charge in [0.25, 0.3) is 0 Å². The summed E-state index contributed by atoms with van der Waals surface area (Å²) in [7, 11) is 1.60. The Labute approximate surface area is 93.6 Å². The molecule has 0 amide bonds.